The zero-order valence-electron chi connectivity index (χ0n) is 17.8. The summed E-state index contributed by atoms with van der Waals surface area (Å²) in [6, 6.07) is 14.0. The molecule has 9 nitrogen and oxygen atoms in total. The number of amides is 1. The van der Waals surface area contributed by atoms with E-state index in [1.165, 1.54) is 29.4 Å². The highest BCUT2D eigenvalue weighted by molar-refractivity contribution is 6.51. The molecule has 1 amide bonds. The molecule has 1 aliphatic heterocycles. The maximum Gasteiger partial charge on any atom is 0.300 e. The quantitative estimate of drug-likeness (QED) is 0.192. The lowest BCUT2D eigenvalue weighted by Crippen LogP contribution is -2.29. The van der Waals surface area contributed by atoms with Gasteiger partial charge in [0.25, 0.3) is 17.4 Å². The van der Waals surface area contributed by atoms with Gasteiger partial charge in [0, 0.05) is 23.4 Å². The first kappa shape index (κ1) is 21.8. The number of aliphatic hydroxyl groups excluding tert-OH is 1. The predicted molar refractivity (Wildman–Crippen MR) is 119 cm³/mol. The molecule has 4 rings (SSSR count). The number of carbonyl (C=O) groups is 2. The number of non-ortho nitro benzene ring substituents is 1. The molecule has 0 radical (unpaired) electrons. The minimum Gasteiger partial charge on any atom is -0.507 e. The lowest BCUT2D eigenvalue weighted by molar-refractivity contribution is -0.384. The Balaban J connectivity index is 1.84. The fourth-order valence-corrected chi connectivity index (χ4v) is 3.69. The molecule has 1 saturated heterocycles. The van der Waals surface area contributed by atoms with Crippen LogP contribution in [0.3, 0.4) is 0 Å². The first-order valence-corrected chi connectivity index (χ1v) is 10.1. The Labute approximate surface area is 188 Å². The molecule has 0 bridgehead atoms. The molecule has 9 heteroatoms. The first-order chi connectivity index (χ1) is 15.8. The Morgan fingerprint density at radius 1 is 1.12 bits per heavy atom. The molecular weight excluding hydrogens is 428 g/mol. The van der Waals surface area contributed by atoms with Crippen LogP contribution >= 0.6 is 0 Å². The summed E-state index contributed by atoms with van der Waals surface area (Å²) >= 11 is 0. The number of carbonyl (C=O) groups excluding carboxylic acids is 2. The van der Waals surface area contributed by atoms with Gasteiger partial charge in [0.2, 0.25) is 0 Å². The monoisotopic (exact) mass is 448 g/mol. The van der Waals surface area contributed by atoms with Crippen LogP contribution in [-0.2, 0) is 9.59 Å². The van der Waals surface area contributed by atoms with E-state index in [2.05, 4.69) is 0 Å². The molecule has 168 valence electrons. The van der Waals surface area contributed by atoms with Crippen LogP contribution in [0, 0.1) is 10.1 Å². The van der Waals surface area contributed by atoms with Gasteiger partial charge in [-0.3, -0.25) is 24.6 Å². The van der Waals surface area contributed by atoms with Gasteiger partial charge < -0.3 is 14.3 Å². The van der Waals surface area contributed by atoms with Crippen molar-refractivity contribution in [3.05, 3.63) is 93.9 Å². The van der Waals surface area contributed by atoms with Gasteiger partial charge in [-0.05, 0) is 50.2 Å². The third-order valence-electron chi connectivity index (χ3n) is 5.07. The van der Waals surface area contributed by atoms with E-state index < -0.39 is 28.4 Å². The van der Waals surface area contributed by atoms with Gasteiger partial charge in [0.05, 0.1) is 22.9 Å². The van der Waals surface area contributed by atoms with E-state index in [-0.39, 0.29) is 28.7 Å². The highest BCUT2D eigenvalue weighted by atomic mass is 16.6. The van der Waals surface area contributed by atoms with E-state index in [4.69, 9.17) is 9.15 Å². The number of nitrogens with zero attached hydrogens (tertiary/aromatic N) is 2. The van der Waals surface area contributed by atoms with E-state index in [0.717, 1.165) is 6.07 Å². The Morgan fingerprint density at radius 2 is 1.85 bits per heavy atom. The predicted octanol–water partition coefficient (Wildman–Crippen LogP) is 4.60. The second-order valence-electron chi connectivity index (χ2n) is 7.65. The fourth-order valence-electron chi connectivity index (χ4n) is 3.69. The second kappa shape index (κ2) is 8.62. The van der Waals surface area contributed by atoms with Gasteiger partial charge in [-0.25, -0.2) is 0 Å². The van der Waals surface area contributed by atoms with E-state index in [0.29, 0.717) is 11.4 Å². The van der Waals surface area contributed by atoms with Crippen LogP contribution in [0.5, 0.6) is 5.75 Å². The zero-order chi connectivity index (χ0) is 23.7. The summed E-state index contributed by atoms with van der Waals surface area (Å²) in [7, 11) is 0. The van der Waals surface area contributed by atoms with Crippen molar-refractivity contribution < 1.29 is 28.8 Å². The smallest absolute Gasteiger partial charge is 0.300 e. The molecule has 1 aromatic heterocycles. The number of hydrogen-bond acceptors (Lipinski definition) is 7. The zero-order valence-corrected chi connectivity index (χ0v) is 17.8. The Hall–Kier alpha value is -4.40. The Bertz CT molecular complexity index is 1240. The normalized spacial score (nSPS) is 17.5. The maximum absolute atomic E-state index is 13.0. The number of nitro benzene ring substituents is 1. The average molecular weight is 448 g/mol. The number of ether oxygens (including phenoxy) is 1. The van der Waals surface area contributed by atoms with Crippen LogP contribution in [0.2, 0.25) is 0 Å². The third-order valence-corrected chi connectivity index (χ3v) is 5.07. The average Bonchev–Trinajstić information content (AvgIpc) is 3.41. The van der Waals surface area contributed by atoms with Crippen molar-refractivity contribution in [2.75, 3.05) is 4.90 Å². The molecule has 2 aromatic carbocycles. The molecule has 0 saturated carbocycles. The molecule has 3 aromatic rings. The van der Waals surface area contributed by atoms with Gasteiger partial charge in [0.15, 0.2) is 0 Å². The van der Waals surface area contributed by atoms with E-state index in [9.17, 15) is 24.8 Å². The molecule has 33 heavy (non-hydrogen) atoms. The molecule has 1 aliphatic rings. The minimum absolute atomic E-state index is 0.0388. The van der Waals surface area contributed by atoms with Crippen LogP contribution < -0.4 is 9.64 Å². The standard InChI is InChI=1S/C24H20N2O7/c1-14(2)33-18-10-8-16(9-11-18)25-21(19-7-4-12-32-19)20(23(28)24(25)29)22(27)15-5-3-6-17(13-15)26(30)31/h3-14,21,27H,1-2H3/b22-20-. The number of aliphatic hydroxyl groups is 1. The number of benzene rings is 2. The number of nitro groups is 1. The summed E-state index contributed by atoms with van der Waals surface area (Å²) in [6.07, 6.45) is 1.35. The summed E-state index contributed by atoms with van der Waals surface area (Å²) in [6.45, 7) is 3.77. The van der Waals surface area contributed by atoms with Crippen LogP contribution in [0.25, 0.3) is 5.76 Å². The number of Topliss-reactive ketones (excluding diaryl/α,β-unsaturated/α-hetero) is 1. The molecule has 1 N–H and O–H groups in total. The molecule has 1 unspecified atom stereocenters. The minimum atomic E-state index is -1.06. The fraction of sp³-hybridized carbons (Fsp3) is 0.167. The number of anilines is 1. The highest BCUT2D eigenvalue weighted by Gasteiger charge is 2.48. The van der Waals surface area contributed by atoms with Crippen LogP contribution in [-0.4, -0.2) is 27.8 Å². The second-order valence-corrected chi connectivity index (χ2v) is 7.65. The van der Waals surface area contributed by atoms with Gasteiger partial charge in [-0.15, -0.1) is 0 Å². The van der Waals surface area contributed by atoms with Crippen molar-refractivity contribution in [2.45, 2.75) is 26.0 Å². The van der Waals surface area contributed by atoms with Crippen LogP contribution in [0.1, 0.15) is 31.2 Å². The molecule has 2 heterocycles. The summed E-state index contributed by atoms with van der Waals surface area (Å²) in [4.78, 5) is 37.8. The van der Waals surface area contributed by atoms with Gasteiger partial charge >= 0.3 is 0 Å². The number of rotatable bonds is 6. The lowest BCUT2D eigenvalue weighted by Gasteiger charge is -2.23. The van der Waals surface area contributed by atoms with Crippen LogP contribution in [0.4, 0.5) is 11.4 Å². The molecule has 0 aliphatic carbocycles. The van der Waals surface area contributed by atoms with E-state index >= 15 is 0 Å². The van der Waals surface area contributed by atoms with Crippen molar-refractivity contribution in [3.63, 3.8) is 0 Å². The van der Waals surface area contributed by atoms with Crippen molar-refractivity contribution in [2.24, 2.45) is 0 Å². The van der Waals surface area contributed by atoms with E-state index in [1.54, 1.807) is 36.4 Å². The van der Waals surface area contributed by atoms with Crippen molar-refractivity contribution in [3.8, 4) is 5.75 Å². The largest absolute Gasteiger partial charge is 0.507 e. The van der Waals surface area contributed by atoms with Crippen LogP contribution in [0.15, 0.2) is 76.9 Å². The molecule has 0 spiro atoms. The number of furan rings is 1. The SMILES string of the molecule is CC(C)Oc1ccc(N2C(=O)C(=O)/C(=C(\O)c3cccc([N+](=O)[O-])c3)C2c2ccco2)cc1. The summed E-state index contributed by atoms with van der Waals surface area (Å²) in [5, 5.41) is 22.1. The van der Waals surface area contributed by atoms with Crippen molar-refractivity contribution >= 4 is 28.8 Å². The molecular formula is C24H20N2O7. The number of ketones is 1. The van der Waals surface area contributed by atoms with Gasteiger partial charge in [-0.2, -0.15) is 0 Å². The maximum atomic E-state index is 13.0. The third kappa shape index (κ3) is 4.08. The first-order valence-electron chi connectivity index (χ1n) is 10.1. The Morgan fingerprint density at radius 3 is 2.45 bits per heavy atom. The lowest BCUT2D eigenvalue weighted by atomic mass is 9.99. The van der Waals surface area contributed by atoms with Gasteiger partial charge in [0.1, 0.15) is 23.3 Å². The van der Waals surface area contributed by atoms with E-state index in [1.807, 2.05) is 13.8 Å². The highest BCUT2D eigenvalue weighted by Crippen LogP contribution is 2.42. The topological polar surface area (TPSA) is 123 Å². The van der Waals surface area contributed by atoms with Gasteiger partial charge in [-0.1, -0.05) is 12.1 Å². The van der Waals surface area contributed by atoms with Crippen molar-refractivity contribution in [1.29, 1.82) is 0 Å². The number of hydrogen-bond donors (Lipinski definition) is 1. The Kier molecular flexibility index (Phi) is 5.70. The summed E-state index contributed by atoms with van der Waals surface area (Å²) in [5.41, 5.74) is -0.0475. The van der Waals surface area contributed by atoms with Crippen molar-refractivity contribution in [1.82, 2.24) is 0 Å². The molecule has 1 atom stereocenters. The summed E-state index contributed by atoms with van der Waals surface area (Å²) in [5.74, 6) is -1.47. The molecule has 1 fully saturated rings. The summed E-state index contributed by atoms with van der Waals surface area (Å²) < 4.78 is 11.1.